The zero-order valence-electron chi connectivity index (χ0n) is 13.5. The molecular weight excluding hydrogens is 348 g/mol. The van der Waals surface area contributed by atoms with Crippen LogP contribution < -0.4 is 16.4 Å². The number of fused-ring (bicyclic) bond motifs is 1. The van der Waals surface area contributed by atoms with Crippen LogP contribution >= 0.6 is 0 Å². The number of hydrogen-bond donors (Lipinski definition) is 3. The number of anilines is 1. The van der Waals surface area contributed by atoms with E-state index >= 15 is 0 Å². The first-order valence-corrected chi connectivity index (χ1v) is 7.65. The average molecular weight is 363 g/mol. The summed E-state index contributed by atoms with van der Waals surface area (Å²) in [6.45, 7) is -0.820. The second-order valence-electron chi connectivity index (χ2n) is 5.88. The van der Waals surface area contributed by atoms with Crippen molar-refractivity contribution in [1.29, 1.82) is 0 Å². The van der Waals surface area contributed by atoms with Crippen molar-refractivity contribution in [2.75, 3.05) is 11.9 Å². The quantitative estimate of drug-likeness (QED) is 0.718. The number of carbonyl (C=O) groups excluding carboxylic acids is 3. The van der Waals surface area contributed by atoms with Gasteiger partial charge in [0, 0.05) is 11.3 Å². The first kappa shape index (κ1) is 17.5. The smallest absolute Gasteiger partial charge is 0.272 e. The van der Waals surface area contributed by atoms with Crippen LogP contribution in [0.2, 0.25) is 0 Å². The monoisotopic (exact) mass is 363 g/mol. The van der Waals surface area contributed by atoms with Crippen molar-refractivity contribution in [3.05, 3.63) is 47.3 Å². The van der Waals surface area contributed by atoms with Gasteiger partial charge in [-0.2, -0.15) is 5.10 Å². The number of alkyl halides is 2. The highest BCUT2D eigenvalue weighted by atomic mass is 19.3. The lowest BCUT2D eigenvalue weighted by Gasteiger charge is -2.07. The summed E-state index contributed by atoms with van der Waals surface area (Å²) in [5, 5.41) is 8.72. The van der Waals surface area contributed by atoms with E-state index in [0.717, 1.165) is 4.68 Å². The molecule has 3 rings (SSSR count). The van der Waals surface area contributed by atoms with Gasteiger partial charge in [0.15, 0.2) is 0 Å². The fraction of sp³-hybridized carbons (Fsp3) is 0.250. The number of nitrogens with zero attached hydrogens (tertiary/aromatic N) is 2. The minimum absolute atomic E-state index is 0.0884. The molecule has 1 aromatic heterocycles. The summed E-state index contributed by atoms with van der Waals surface area (Å²) in [7, 11) is 0. The second-order valence-corrected chi connectivity index (χ2v) is 5.88. The van der Waals surface area contributed by atoms with Crippen LogP contribution in [0.25, 0.3) is 0 Å². The topological polar surface area (TPSA) is 119 Å². The van der Waals surface area contributed by atoms with E-state index in [4.69, 9.17) is 5.73 Å². The van der Waals surface area contributed by atoms with Crippen molar-refractivity contribution in [2.24, 2.45) is 5.73 Å². The van der Waals surface area contributed by atoms with Crippen molar-refractivity contribution < 1.29 is 23.2 Å². The van der Waals surface area contributed by atoms with E-state index in [-0.39, 0.29) is 23.4 Å². The largest absolute Gasteiger partial charge is 0.368 e. The predicted molar refractivity (Wildman–Crippen MR) is 86.8 cm³/mol. The molecule has 0 aliphatic carbocycles. The van der Waals surface area contributed by atoms with E-state index in [2.05, 4.69) is 15.7 Å². The maximum atomic E-state index is 13.4. The number of benzene rings is 1. The third kappa shape index (κ3) is 3.68. The molecule has 136 valence electrons. The third-order valence-electron chi connectivity index (χ3n) is 3.83. The van der Waals surface area contributed by atoms with Gasteiger partial charge in [0.25, 0.3) is 17.7 Å². The van der Waals surface area contributed by atoms with Crippen LogP contribution in [-0.2, 0) is 17.8 Å². The van der Waals surface area contributed by atoms with Crippen LogP contribution in [0.1, 0.15) is 26.4 Å². The molecule has 0 unspecified atom stereocenters. The Morgan fingerprint density at radius 1 is 1.19 bits per heavy atom. The molecule has 26 heavy (non-hydrogen) atoms. The Kier molecular flexibility index (Phi) is 4.41. The molecule has 1 aliphatic heterocycles. The Morgan fingerprint density at radius 3 is 2.54 bits per heavy atom. The van der Waals surface area contributed by atoms with Crippen LogP contribution in [0.3, 0.4) is 0 Å². The van der Waals surface area contributed by atoms with E-state index in [1.807, 2.05) is 0 Å². The molecule has 0 radical (unpaired) electrons. The summed E-state index contributed by atoms with van der Waals surface area (Å²) in [5.41, 5.74) is 5.88. The summed E-state index contributed by atoms with van der Waals surface area (Å²) in [6.07, 6.45) is 0.722. The van der Waals surface area contributed by atoms with Gasteiger partial charge in [0.05, 0.1) is 30.4 Å². The van der Waals surface area contributed by atoms with Gasteiger partial charge in [-0.05, 0) is 24.3 Å². The van der Waals surface area contributed by atoms with E-state index in [0.29, 0.717) is 5.69 Å². The molecule has 1 aromatic carbocycles. The van der Waals surface area contributed by atoms with Gasteiger partial charge < -0.3 is 16.4 Å². The molecule has 10 heteroatoms. The summed E-state index contributed by atoms with van der Waals surface area (Å²) >= 11 is 0. The highest BCUT2D eigenvalue weighted by molar-refractivity contribution is 6.05. The molecule has 2 aromatic rings. The first-order chi connectivity index (χ1) is 12.2. The number of amides is 3. The molecule has 0 spiro atoms. The lowest BCUT2D eigenvalue weighted by Crippen LogP contribution is -2.33. The van der Waals surface area contributed by atoms with E-state index in [9.17, 15) is 23.2 Å². The second kappa shape index (κ2) is 6.54. The molecule has 1 aliphatic rings. The molecule has 4 N–H and O–H groups in total. The van der Waals surface area contributed by atoms with Crippen LogP contribution in [0, 0.1) is 0 Å². The molecule has 0 bridgehead atoms. The van der Waals surface area contributed by atoms with Gasteiger partial charge >= 0.3 is 0 Å². The molecule has 0 saturated carbocycles. The van der Waals surface area contributed by atoms with E-state index < -0.39 is 36.6 Å². The van der Waals surface area contributed by atoms with E-state index in [1.54, 1.807) is 0 Å². The lowest BCUT2D eigenvalue weighted by molar-refractivity contribution is -0.117. The molecule has 0 atom stereocenters. The fourth-order valence-corrected chi connectivity index (χ4v) is 2.62. The normalized spacial score (nSPS) is 14.5. The standard InChI is InChI=1S/C16H15F2N5O3/c17-16(18)5-12-11(6-21-23(12)8-16)15(26)22-10-3-1-9(2-4-10)14(25)20-7-13(19)24/h1-4,6H,5,7-8H2,(H2,19,24)(H,20,25)(H,22,26). The van der Waals surface area contributed by atoms with Gasteiger partial charge in [0.1, 0.15) is 6.54 Å². The Morgan fingerprint density at radius 2 is 1.88 bits per heavy atom. The van der Waals surface area contributed by atoms with Crippen LogP contribution in [0.15, 0.2) is 30.5 Å². The minimum Gasteiger partial charge on any atom is -0.368 e. The predicted octanol–water partition coefficient (Wildman–Crippen LogP) is 0.542. The average Bonchev–Trinajstić information content (AvgIpc) is 3.08. The highest BCUT2D eigenvalue weighted by Crippen LogP contribution is 2.31. The number of rotatable bonds is 5. The van der Waals surface area contributed by atoms with Gasteiger partial charge in [-0.25, -0.2) is 8.78 Å². The van der Waals surface area contributed by atoms with Gasteiger partial charge in [-0.1, -0.05) is 0 Å². The minimum atomic E-state index is -2.90. The zero-order valence-corrected chi connectivity index (χ0v) is 13.5. The fourth-order valence-electron chi connectivity index (χ4n) is 2.62. The molecule has 8 nitrogen and oxygen atoms in total. The van der Waals surface area contributed by atoms with Crippen LogP contribution in [0.4, 0.5) is 14.5 Å². The lowest BCUT2D eigenvalue weighted by atomic mass is 10.1. The Labute approximate surface area is 146 Å². The number of aromatic nitrogens is 2. The Bertz CT molecular complexity index is 877. The van der Waals surface area contributed by atoms with Crippen molar-refractivity contribution in [1.82, 2.24) is 15.1 Å². The Balaban J connectivity index is 1.66. The zero-order chi connectivity index (χ0) is 18.9. The first-order valence-electron chi connectivity index (χ1n) is 7.65. The number of nitrogens with two attached hydrogens (primary N) is 1. The number of carbonyl (C=O) groups is 3. The molecule has 2 heterocycles. The van der Waals surface area contributed by atoms with Gasteiger partial charge in [-0.15, -0.1) is 0 Å². The van der Waals surface area contributed by atoms with Crippen molar-refractivity contribution in [3.8, 4) is 0 Å². The van der Waals surface area contributed by atoms with Crippen LogP contribution in [0.5, 0.6) is 0 Å². The summed E-state index contributed by atoms with van der Waals surface area (Å²) in [5.74, 6) is -4.62. The highest BCUT2D eigenvalue weighted by Gasteiger charge is 2.40. The van der Waals surface area contributed by atoms with Crippen molar-refractivity contribution >= 4 is 23.4 Å². The summed E-state index contributed by atoms with van der Waals surface area (Å²) in [4.78, 5) is 34.7. The number of hydrogen-bond acceptors (Lipinski definition) is 4. The summed E-state index contributed by atoms with van der Waals surface area (Å²) in [6, 6.07) is 5.86. The maximum absolute atomic E-state index is 13.4. The maximum Gasteiger partial charge on any atom is 0.272 e. The Hall–Kier alpha value is -3.30. The van der Waals surface area contributed by atoms with Crippen molar-refractivity contribution in [3.63, 3.8) is 0 Å². The number of halogens is 2. The summed E-state index contributed by atoms with van der Waals surface area (Å²) < 4.78 is 28.0. The molecular formula is C16H15F2N5O3. The molecule has 3 amide bonds. The molecule has 0 saturated heterocycles. The SMILES string of the molecule is NC(=O)CNC(=O)c1ccc(NC(=O)c2cnn3c2CC(F)(F)C3)cc1. The van der Waals surface area contributed by atoms with E-state index in [1.165, 1.54) is 30.5 Å². The third-order valence-corrected chi connectivity index (χ3v) is 3.83. The van der Waals surface area contributed by atoms with Gasteiger partial charge in [-0.3, -0.25) is 19.1 Å². The number of nitrogens with one attached hydrogen (secondary N) is 2. The molecule has 0 fully saturated rings. The van der Waals surface area contributed by atoms with Crippen molar-refractivity contribution in [2.45, 2.75) is 18.9 Å². The van der Waals surface area contributed by atoms with Gasteiger partial charge in [0.2, 0.25) is 5.91 Å². The van der Waals surface area contributed by atoms with Crippen LogP contribution in [-0.4, -0.2) is 40.0 Å². The number of primary amides is 1.